The highest BCUT2D eigenvalue weighted by molar-refractivity contribution is 7.89. The number of nitrogens with zero attached hydrogens (tertiary/aromatic N) is 1. The summed E-state index contributed by atoms with van der Waals surface area (Å²) >= 11 is 0. The molecule has 1 saturated carbocycles. The van der Waals surface area contributed by atoms with Gasteiger partial charge in [0.25, 0.3) is 0 Å². The zero-order chi connectivity index (χ0) is 18.4. The molecule has 1 aliphatic carbocycles. The molecule has 1 fully saturated rings. The number of hydrogen-bond donors (Lipinski definition) is 2. The van der Waals surface area contributed by atoms with E-state index in [2.05, 4.69) is 5.32 Å². The Kier molecular flexibility index (Phi) is 9.03. The third kappa shape index (κ3) is 5.19. The summed E-state index contributed by atoms with van der Waals surface area (Å²) in [5, 5.41) is 2.95. The summed E-state index contributed by atoms with van der Waals surface area (Å²) in [5.74, 6) is 0.335. The number of carbonyl (C=O) groups is 1. The van der Waals surface area contributed by atoms with Crippen LogP contribution in [0.4, 0.5) is 0 Å². The lowest BCUT2D eigenvalue weighted by molar-refractivity contribution is -0.126. The van der Waals surface area contributed by atoms with E-state index in [0.29, 0.717) is 26.2 Å². The summed E-state index contributed by atoms with van der Waals surface area (Å²) in [4.78, 5) is 12.6. The maximum atomic E-state index is 12.5. The van der Waals surface area contributed by atoms with E-state index in [0.717, 1.165) is 24.8 Å². The van der Waals surface area contributed by atoms with Crippen molar-refractivity contribution in [2.45, 2.75) is 44.6 Å². The van der Waals surface area contributed by atoms with Gasteiger partial charge < -0.3 is 11.1 Å². The molecule has 1 aromatic carbocycles. The average Bonchev–Trinajstić information content (AvgIpc) is 3.09. The van der Waals surface area contributed by atoms with Crippen molar-refractivity contribution >= 4 is 28.3 Å². The molecule has 8 heteroatoms. The molecule has 2 atom stereocenters. The molecule has 0 saturated heterocycles. The molecule has 2 rings (SSSR count). The number of nitrogens with one attached hydrogen (secondary N) is 1. The van der Waals surface area contributed by atoms with Crippen molar-refractivity contribution in [3.05, 3.63) is 29.8 Å². The highest BCUT2D eigenvalue weighted by Gasteiger charge is 2.31. The first-order chi connectivity index (χ1) is 11.9. The number of amides is 1. The number of carbonyl (C=O) groups excluding carboxylic acids is 1. The Hall–Kier alpha value is -1.15. The third-order valence-electron chi connectivity index (χ3n) is 5.03. The van der Waals surface area contributed by atoms with Gasteiger partial charge in [0.05, 0.1) is 4.90 Å². The molecule has 1 amide bonds. The van der Waals surface area contributed by atoms with Gasteiger partial charge in [-0.1, -0.05) is 32.4 Å². The van der Waals surface area contributed by atoms with Gasteiger partial charge in [0.2, 0.25) is 15.9 Å². The Morgan fingerprint density at radius 1 is 1.19 bits per heavy atom. The Morgan fingerprint density at radius 2 is 1.81 bits per heavy atom. The predicted molar refractivity (Wildman–Crippen MR) is 106 cm³/mol. The van der Waals surface area contributed by atoms with Crippen LogP contribution >= 0.6 is 12.4 Å². The van der Waals surface area contributed by atoms with Gasteiger partial charge in [-0.3, -0.25) is 4.79 Å². The molecule has 6 nitrogen and oxygen atoms in total. The van der Waals surface area contributed by atoms with Gasteiger partial charge in [0.15, 0.2) is 0 Å². The second kappa shape index (κ2) is 10.3. The largest absolute Gasteiger partial charge is 0.352 e. The molecular weight excluding hydrogens is 374 g/mol. The Morgan fingerprint density at radius 3 is 2.35 bits per heavy atom. The maximum Gasteiger partial charge on any atom is 0.243 e. The van der Waals surface area contributed by atoms with E-state index in [4.69, 9.17) is 5.73 Å². The Bertz CT molecular complexity index is 675. The fourth-order valence-corrected chi connectivity index (χ4v) is 4.93. The molecule has 0 aromatic heterocycles. The quantitative estimate of drug-likeness (QED) is 0.695. The fraction of sp³-hybridized carbons (Fsp3) is 0.611. The number of nitrogens with two attached hydrogens (primary N) is 1. The van der Waals surface area contributed by atoms with Crippen LogP contribution in [-0.2, 0) is 21.4 Å². The van der Waals surface area contributed by atoms with E-state index < -0.39 is 10.0 Å². The van der Waals surface area contributed by atoms with Gasteiger partial charge in [-0.25, -0.2) is 8.42 Å². The molecule has 3 N–H and O–H groups in total. The van der Waals surface area contributed by atoms with Crippen molar-refractivity contribution < 1.29 is 13.2 Å². The van der Waals surface area contributed by atoms with Crippen molar-refractivity contribution in [2.24, 2.45) is 17.6 Å². The van der Waals surface area contributed by atoms with Gasteiger partial charge in [-0.2, -0.15) is 4.31 Å². The third-order valence-corrected chi connectivity index (χ3v) is 7.10. The number of rotatable bonds is 8. The van der Waals surface area contributed by atoms with Gasteiger partial charge >= 0.3 is 0 Å². The normalized spacial score (nSPS) is 20.0. The molecule has 0 radical (unpaired) electrons. The van der Waals surface area contributed by atoms with Crippen molar-refractivity contribution in [3.8, 4) is 0 Å². The molecule has 148 valence electrons. The van der Waals surface area contributed by atoms with E-state index in [1.807, 2.05) is 13.8 Å². The van der Waals surface area contributed by atoms with E-state index in [1.54, 1.807) is 24.3 Å². The van der Waals surface area contributed by atoms with Crippen LogP contribution < -0.4 is 11.1 Å². The van der Waals surface area contributed by atoms with Gasteiger partial charge in [-0.05, 0) is 43.0 Å². The molecular formula is C18H30ClN3O3S. The zero-order valence-corrected chi connectivity index (χ0v) is 17.1. The van der Waals surface area contributed by atoms with Crippen LogP contribution in [0.1, 0.15) is 38.7 Å². The fourth-order valence-electron chi connectivity index (χ4n) is 3.48. The Balaban J connectivity index is 0.00000338. The SMILES string of the molecule is CCN(CC)S(=O)(=O)c1ccc(CNC(=O)[C@@H]2CCC[C@@H]2CN)cc1.Cl. The summed E-state index contributed by atoms with van der Waals surface area (Å²) in [6.07, 6.45) is 2.97. The van der Waals surface area contributed by atoms with Crippen molar-refractivity contribution in [1.82, 2.24) is 9.62 Å². The summed E-state index contributed by atoms with van der Waals surface area (Å²) in [6, 6.07) is 6.72. The standard InChI is InChI=1S/C18H29N3O3S.ClH/c1-3-21(4-2)25(23,24)16-10-8-14(9-11-16)13-20-18(22)17-7-5-6-15(17)12-19;/h8-11,15,17H,3-7,12-13,19H2,1-2H3,(H,20,22);1H/t15-,17-;/m1./s1. The van der Waals surface area contributed by atoms with Crippen LogP contribution in [0.3, 0.4) is 0 Å². The van der Waals surface area contributed by atoms with E-state index in [9.17, 15) is 13.2 Å². The number of sulfonamides is 1. The topological polar surface area (TPSA) is 92.5 Å². The summed E-state index contributed by atoms with van der Waals surface area (Å²) in [5.41, 5.74) is 6.62. The molecule has 0 spiro atoms. The minimum Gasteiger partial charge on any atom is -0.352 e. The van der Waals surface area contributed by atoms with Gasteiger partial charge in [0.1, 0.15) is 0 Å². The molecule has 1 aliphatic rings. The molecule has 0 heterocycles. The van der Waals surface area contributed by atoms with E-state index in [-0.39, 0.29) is 35.0 Å². The highest BCUT2D eigenvalue weighted by atomic mass is 35.5. The van der Waals surface area contributed by atoms with Gasteiger partial charge in [0, 0.05) is 25.6 Å². The van der Waals surface area contributed by atoms with Gasteiger partial charge in [-0.15, -0.1) is 12.4 Å². The first kappa shape index (κ1) is 22.9. The maximum absolute atomic E-state index is 12.5. The summed E-state index contributed by atoms with van der Waals surface area (Å²) in [6.45, 7) is 5.49. The lowest BCUT2D eigenvalue weighted by Crippen LogP contribution is -2.34. The zero-order valence-electron chi connectivity index (χ0n) is 15.5. The lowest BCUT2D eigenvalue weighted by Gasteiger charge is -2.19. The van der Waals surface area contributed by atoms with E-state index >= 15 is 0 Å². The second-order valence-electron chi connectivity index (χ2n) is 6.48. The second-order valence-corrected chi connectivity index (χ2v) is 8.42. The average molecular weight is 404 g/mol. The van der Waals surface area contributed by atoms with Crippen LogP contribution in [0.2, 0.25) is 0 Å². The summed E-state index contributed by atoms with van der Waals surface area (Å²) in [7, 11) is -3.44. The first-order valence-corrected chi connectivity index (χ1v) is 10.4. The minimum atomic E-state index is -3.44. The lowest BCUT2D eigenvalue weighted by atomic mass is 9.95. The van der Waals surface area contributed by atoms with Crippen LogP contribution in [0.5, 0.6) is 0 Å². The monoisotopic (exact) mass is 403 g/mol. The molecule has 1 aromatic rings. The first-order valence-electron chi connectivity index (χ1n) is 9.00. The van der Waals surface area contributed by atoms with Crippen LogP contribution in [0, 0.1) is 11.8 Å². The number of benzene rings is 1. The molecule has 26 heavy (non-hydrogen) atoms. The highest BCUT2D eigenvalue weighted by Crippen LogP contribution is 2.31. The Labute approximate surface area is 163 Å². The minimum absolute atomic E-state index is 0. The molecule has 0 bridgehead atoms. The van der Waals surface area contributed by atoms with Crippen LogP contribution in [0.25, 0.3) is 0 Å². The van der Waals surface area contributed by atoms with Crippen molar-refractivity contribution in [1.29, 1.82) is 0 Å². The van der Waals surface area contributed by atoms with Crippen molar-refractivity contribution in [2.75, 3.05) is 19.6 Å². The van der Waals surface area contributed by atoms with E-state index in [1.165, 1.54) is 4.31 Å². The number of hydrogen-bond acceptors (Lipinski definition) is 4. The van der Waals surface area contributed by atoms with Crippen LogP contribution in [0.15, 0.2) is 29.2 Å². The predicted octanol–water partition coefficient (Wildman–Crippen LogP) is 2.13. The molecule has 0 aliphatic heterocycles. The smallest absolute Gasteiger partial charge is 0.243 e. The number of halogens is 1. The van der Waals surface area contributed by atoms with Crippen molar-refractivity contribution in [3.63, 3.8) is 0 Å². The van der Waals surface area contributed by atoms with Crippen LogP contribution in [-0.4, -0.2) is 38.3 Å². The summed E-state index contributed by atoms with van der Waals surface area (Å²) < 4.78 is 26.3. The molecule has 0 unspecified atom stereocenters.